The summed E-state index contributed by atoms with van der Waals surface area (Å²) < 4.78 is 33.3. The van der Waals surface area contributed by atoms with Crippen molar-refractivity contribution in [3.8, 4) is 6.07 Å². The molecule has 2 aromatic carbocycles. The van der Waals surface area contributed by atoms with E-state index in [1.165, 1.54) is 18.1 Å². The lowest BCUT2D eigenvalue weighted by Crippen LogP contribution is -2.60. The summed E-state index contributed by atoms with van der Waals surface area (Å²) in [6.07, 6.45) is 0.298. The van der Waals surface area contributed by atoms with Crippen molar-refractivity contribution >= 4 is 50.5 Å². The second-order valence-corrected chi connectivity index (χ2v) is 11.8. The van der Waals surface area contributed by atoms with Crippen LogP contribution in [0.4, 0.5) is 5.69 Å². The van der Waals surface area contributed by atoms with E-state index < -0.39 is 34.5 Å². The lowest BCUT2D eigenvalue weighted by molar-refractivity contribution is -0.157. The van der Waals surface area contributed by atoms with Gasteiger partial charge in [-0.1, -0.05) is 35.9 Å². The van der Waals surface area contributed by atoms with Gasteiger partial charge in [-0.2, -0.15) is 9.57 Å². The minimum Gasteiger partial charge on any atom is -0.467 e. The van der Waals surface area contributed by atoms with Crippen LogP contribution in [0.2, 0.25) is 5.02 Å². The minimum absolute atomic E-state index is 0.000839. The summed E-state index contributed by atoms with van der Waals surface area (Å²) >= 11 is 7.32. The molecule has 37 heavy (non-hydrogen) atoms. The molecule has 1 unspecified atom stereocenters. The molecule has 0 spiro atoms. The van der Waals surface area contributed by atoms with Crippen molar-refractivity contribution in [1.29, 1.82) is 5.26 Å². The molecule has 9 nitrogen and oxygen atoms in total. The maximum atomic E-state index is 13.7. The van der Waals surface area contributed by atoms with Crippen LogP contribution in [-0.4, -0.2) is 55.7 Å². The molecule has 1 aliphatic rings. The molecule has 0 radical (unpaired) electrons. The molecule has 3 aromatic rings. The zero-order valence-electron chi connectivity index (χ0n) is 19.8. The van der Waals surface area contributed by atoms with E-state index in [1.54, 1.807) is 35.7 Å². The van der Waals surface area contributed by atoms with Crippen molar-refractivity contribution in [3.05, 3.63) is 81.2 Å². The number of methoxy groups -OCH3 is 1. The van der Waals surface area contributed by atoms with E-state index in [4.69, 9.17) is 27.3 Å². The average molecular weight is 559 g/mol. The summed E-state index contributed by atoms with van der Waals surface area (Å²) in [4.78, 5) is 27.1. The van der Waals surface area contributed by atoms with Gasteiger partial charge in [0.15, 0.2) is 0 Å². The Kier molecular flexibility index (Phi) is 7.85. The monoisotopic (exact) mass is 558 g/mol. The second-order valence-electron chi connectivity index (χ2n) is 8.39. The lowest BCUT2D eigenvalue weighted by Gasteiger charge is -2.38. The van der Waals surface area contributed by atoms with Crippen molar-refractivity contribution in [2.75, 3.05) is 25.9 Å². The number of hydrogen-bond acceptors (Lipinski definition) is 8. The van der Waals surface area contributed by atoms with Crippen LogP contribution in [0.3, 0.4) is 0 Å². The molecular formula is C25H23ClN4O5S2. The Morgan fingerprint density at radius 3 is 2.68 bits per heavy atom. The fraction of sp³-hybridized carbons (Fsp3) is 0.240. The molecule has 1 saturated heterocycles. The van der Waals surface area contributed by atoms with Crippen LogP contribution in [0.5, 0.6) is 0 Å². The Morgan fingerprint density at radius 2 is 2.00 bits per heavy atom. The highest BCUT2D eigenvalue weighted by molar-refractivity contribution is 7.91. The van der Waals surface area contributed by atoms with Gasteiger partial charge in [-0.3, -0.25) is 4.79 Å². The molecule has 12 heteroatoms. The third-order valence-electron chi connectivity index (χ3n) is 6.07. The van der Waals surface area contributed by atoms with Gasteiger partial charge in [-0.25, -0.2) is 13.2 Å². The number of halogens is 1. The first kappa shape index (κ1) is 26.6. The van der Waals surface area contributed by atoms with Crippen molar-refractivity contribution < 1.29 is 22.7 Å². The van der Waals surface area contributed by atoms with Gasteiger partial charge in [0.2, 0.25) is 5.91 Å². The van der Waals surface area contributed by atoms with Gasteiger partial charge in [-0.05, 0) is 46.3 Å². The van der Waals surface area contributed by atoms with Gasteiger partial charge < -0.3 is 15.4 Å². The molecule has 0 aliphatic carbocycles. The summed E-state index contributed by atoms with van der Waals surface area (Å²) in [6.45, 7) is -0.708. The number of ether oxygens (including phenoxy) is 1. The van der Waals surface area contributed by atoms with Crippen molar-refractivity contribution in [1.82, 2.24) is 9.21 Å². The number of carbonyl (C=O) groups is 2. The summed E-state index contributed by atoms with van der Waals surface area (Å²) in [7, 11) is -2.92. The number of sulfonamides is 1. The molecule has 1 atom stereocenters. The number of rotatable bonds is 7. The zero-order valence-corrected chi connectivity index (χ0v) is 22.1. The average Bonchev–Trinajstić information content (AvgIpc) is 3.35. The van der Waals surface area contributed by atoms with E-state index in [2.05, 4.69) is 0 Å². The Labute approximate surface area is 223 Å². The van der Waals surface area contributed by atoms with Crippen LogP contribution < -0.4 is 5.73 Å². The number of nitrogens with two attached hydrogens (primary N) is 1. The minimum atomic E-state index is -4.10. The summed E-state index contributed by atoms with van der Waals surface area (Å²) in [5, 5.41) is 11.3. The maximum absolute atomic E-state index is 13.7. The molecule has 1 amide bonds. The smallest absolute Gasteiger partial charge is 0.329 e. The van der Waals surface area contributed by atoms with Crippen molar-refractivity contribution in [2.45, 2.75) is 23.2 Å². The maximum Gasteiger partial charge on any atom is 0.329 e. The molecule has 2 N–H and O–H groups in total. The number of piperazine rings is 1. The van der Waals surface area contributed by atoms with E-state index in [0.717, 1.165) is 21.2 Å². The molecule has 2 heterocycles. The number of esters is 1. The number of nitriles is 1. The molecule has 192 valence electrons. The number of amides is 1. The van der Waals surface area contributed by atoms with Crippen LogP contribution in [0.15, 0.2) is 58.1 Å². The predicted molar refractivity (Wildman–Crippen MR) is 139 cm³/mol. The standard InChI is InChI=1S/C25H23ClN4O5S2/c1-35-24(32)22-14-29(15-23(31)30(22)13-16-6-7-19(12-27)21(28)10-16)37(33,34)25-18(8-9-36-25)11-17-4-2-3-5-20(17)26/h2-10,22H,11,13-15,28H2,1H3. The molecule has 0 saturated carbocycles. The Hall–Kier alpha value is -3.43. The molecule has 4 rings (SSSR count). The number of nitrogens with zero attached hydrogens (tertiary/aromatic N) is 3. The fourth-order valence-corrected chi connectivity index (χ4v) is 7.29. The van der Waals surface area contributed by atoms with Gasteiger partial charge in [0.25, 0.3) is 10.0 Å². The number of carbonyl (C=O) groups excluding carboxylic acids is 2. The third-order valence-corrected chi connectivity index (χ3v) is 9.79. The summed E-state index contributed by atoms with van der Waals surface area (Å²) in [5.74, 6) is -1.30. The first-order valence-electron chi connectivity index (χ1n) is 11.1. The van der Waals surface area contributed by atoms with Crippen molar-refractivity contribution in [3.63, 3.8) is 0 Å². The van der Waals surface area contributed by atoms with Crippen LogP contribution in [0, 0.1) is 11.3 Å². The lowest BCUT2D eigenvalue weighted by atomic mass is 10.1. The van der Waals surface area contributed by atoms with E-state index in [1.807, 2.05) is 18.2 Å². The van der Waals surface area contributed by atoms with Gasteiger partial charge in [0, 0.05) is 30.2 Å². The van der Waals surface area contributed by atoms with Crippen LogP contribution in [0.25, 0.3) is 0 Å². The predicted octanol–water partition coefficient (Wildman–Crippen LogP) is 3.02. The van der Waals surface area contributed by atoms with E-state index in [-0.39, 0.29) is 23.0 Å². The number of hydrogen-bond donors (Lipinski definition) is 1. The van der Waals surface area contributed by atoms with E-state index >= 15 is 0 Å². The topological polar surface area (TPSA) is 134 Å². The summed E-state index contributed by atoms with van der Waals surface area (Å²) in [6, 6.07) is 14.4. The number of thiophene rings is 1. The highest BCUT2D eigenvalue weighted by Gasteiger charge is 2.43. The van der Waals surface area contributed by atoms with Gasteiger partial charge in [-0.15, -0.1) is 11.3 Å². The van der Waals surface area contributed by atoms with E-state index in [9.17, 15) is 18.0 Å². The number of nitrogen functional groups attached to an aromatic ring is 1. The molecular weight excluding hydrogens is 536 g/mol. The largest absolute Gasteiger partial charge is 0.467 e. The van der Waals surface area contributed by atoms with Crippen LogP contribution >= 0.6 is 22.9 Å². The highest BCUT2D eigenvalue weighted by atomic mass is 35.5. The highest BCUT2D eigenvalue weighted by Crippen LogP contribution is 2.31. The van der Waals surface area contributed by atoms with Crippen LogP contribution in [0.1, 0.15) is 22.3 Å². The molecule has 1 aliphatic heterocycles. The number of anilines is 1. The van der Waals surface area contributed by atoms with E-state index in [0.29, 0.717) is 28.1 Å². The van der Waals surface area contributed by atoms with Gasteiger partial charge >= 0.3 is 5.97 Å². The van der Waals surface area contributed by atoms with Gasteiger partial charge in [0.05, 0.1) is 19.2 Å². The molecule has 1 aromatic heterocycles. The normalized spacial score (nSPS) is 16.4. The zero-order chi connectivity index (χ0) is 26.7. The SMILES string of the molecule is COC(=O)C1CN(S(=O)(=O)c2sccc2Cc2ccccc2Cl)CC(=O)N1Cc1ccc(C#N)c(N)c1. The van der Waals surface area contributed by atoms with Gasteiger partial charge in [0.1, 0.15) is 16.3 Å². The second kappa shape index (κ2) is 10.9. The first-order chi connectivity index (χ1) is 17.6. The van der Waals surface area contributed by atoms with Crippen LogP contribution in [-0.2, 0) is 37.3 Å². The molecule has 0 bridgehead atoms. The quantitative estimate of drug-likeness (QED) is 0.348. The Morgan fingerprint density at radius 1 is 1.24 bits per heavy atom. The first-order valence-corrected chi connectivity index (χ1v) is 13.8. The summed E-state index contributed by atoms with van der Waals surface area (Å²) in [5.41, 5.74) is 8.34. The Bertz CT molecular complexity index is 1500. The molecule has 1 fully saturated rings. The third kappa shape index (κ3) is 5.47. The Balaban J connectivity index is 1.61. The number of benzene rings is 2. The fourth-order valence-electron chi connectivity index (χ4n) is 4.14. The van der Waals surface area contributed by atoms with Crippen molar-refractivity contribution in [2.24, 2.45) is 0 Å².